The molecule has 0 rings (SSSR count). The summed E-state index contributed by atoms with van der Waals surface area (Å²) in [5.41, 5.74) is 0. The summed E-state index contributed by atoms with van der Waals surface area (Å²) >= 11 is 0. The van der Waals surface area contributed by atoms with Crippen molar-refractivity contribution < 1.29 is 42.9 Å². The van der Waals surface area contributed by atoms with Crippen molar-refractivity contribution in [2.24, 2.45) is 0 Å². The normalized spacial score (nSPS) is 14.2. The van der Waals surface area contributed by atoms with Gasteiger partial charge < -0.3 is 33.3 Å². The monoisotopic (exact) mass is 1300 g/mol. The minimum Gasteiger partial charge on any atom is -0.545 e. The molecule has 0 fully saturated rings. The number of hydrogen-bond acceptors (Lipinski definition) is 8. The molecule has 0 aliphatic rings. The van der Waals surface area contributed by atoms with Crippen molar-refractivity contribution >= 4 is 17.9 Å². The van der Waals surface area contributed by atoms with Crippen LogP contribution in [0.15, 0.2) is 243 Å². The molecule has 0 saturated carbocycles. The van der Waals surface area contributed by atoms with E-state index in [1.54, 1.807) is 0 Å². The van der Waals surface area contributed by atoms with Gasteiger partial charge in [0.2, 0.25) is 0 Å². The molecule has 0 aromatic carbocycles. The summed E-state index contributed by atoms with van der Waals surface area (Å²) in [7, 11) is 5.89. The molecular formula is C86H129NO8. The molecule has 0 aliphatic carbocycles. The number of ether oxygens (including phenoxy) is 4. The van der Waals surface area contributed by atoms with Gasteiger partial charge in [0.1, 0.15) is 13.2 Å². The summed E-state index contributed by atoms with van der Waals surface area (Å²) in [4.78, 5) is 37.5. The topological polar surface area (TPSA) is 111 Å². The van der Waals surface area contributed by atoms with Gasteiger partial charge in [-0.15, -0.1) is 0 Å². The molecule has 0 spiro atoms. The van der Waals surface area contributed by atoms with E-state index >= 15 is 0 Å². The maximum atomic E-state index is 12.9. The van der Waals surface area contributed by atoms with E-state index in [9.17, 15) is 19.5 Å². The molecule has 0 aromatic rings. The molecule has 95 heavy (non-hydrogen) atoms. The van der Waals surface area contributed by atoms with Crippen molar-refractivity contribution in [1.29, 1.82) is 0 Å². The van der Waals surface area contributed by atoms with Crippen molar-refractivity contribution in [3.05, 3.63) is 243 Å². The fourth-order valence-corrected chi connectivity index (χ4v) is 8.65. The fraction of sp³-hybridized carbons (Fsp3) is 0.500. The molecule has 0 aliphatic heterocycles. The van der Waals surface area contributed by atoms with Gasteiger partial charge in [0.05, 0.1) is 40.3 Å². The Morgan fingerprint density at radius 3 is 0.832 bits per heavy atom. The number of carboxylic acid groups (broad SMARTS) is 1. The number of carboxylic acids is 1. The van der Waals surface area contributed by atoms with Crippen LogP contribution in [0.4, 0.5) is 0 Å². The van der Waals surface area contributed by atoms with Gasteiger partial charge in [-0.05, 0) is 167 Å². The van der Waals surface area contributed by atoms with Crippen molar-refractivity contribution in [3.8, 4) is 0 Å². The van der Waals surface area contributed by atoms with Gasteiger partial charge >= 0.3 is 11.9 Å². The number of carbonyl (C=O) groups excluding carboxylic acids is 3. The summed E-state index contributed by atoms with van der Waals surface area (Å²) in [6.45, 7) is 4.42. The number of likely N-dealkylation sites (N-methyl/N-ethyl adjacent to an activating group) is 1. The van der Waals surface area contributed by atoms with E-state index in [1.807, 2.05) is 21.1 Å². The molecular weight excluding hydrogens is 1170 g/mol. The van der Waals surface area contributed by atoms with Crippen molar-refractivity contribution in [2.45, 2.75) is 232 Å². The van der Waals surface area contributed by atoms with Crippen molar-refractivity contribution in [1.82, 2.24) is 0 Å². The zero-order valence-corrected chi connectivity index (χ0v) is 59.9. The zero-order valence-electron chi connectivity index (χ0n) is 59.9. The maximum absolute atomic E-state index is 12.9. The summed E-state index contributed by atoms with van der Waals surface area (Å²) in [5.74, 6) is -2.39. The average molecular weight is 1300 g/mol. The third kappa shape index (κ3) is 74.4. The van der Waals surface area contributed by atoms with Gasteiger partial charge in [-0.1, -0.05) is 283 Å². The molecule has 0 amide bonds. The number of allylic oxidation sites excluding steroid dienone is 40. The molecule has 9 nitrogen and oxygen atoms in total. The van der Waals surface area contributed by atoms with Gasteiger partial charge in [0.15, 0.2) is 12.4 Å². The molecule has 9 heteroatoms. The number of nitrogens with zero attached hydrogens (tertiary/aromatic N) is 1. The molecule has 0 saturated heterocycles. The quantitative estimate of drug-likeness (QED) is 0.0195. The van der Waals surface area contributed by atoms with Crippen LogP contribution in [0, 0.1) is 0 Å². The van der Waals surface area contributed by atoms with Crippen LogP contribution in [0.5, 0.6) is 0 Å². The van der Waals surface area contributed by atoms with Crippen LogP contribution in [0.3, 0.4) is 0 Å². The smallest absolute Gasteiger partial charge is 0.306 e. The minimum atomic E-state index is -1.65. The number of carbonyl (C=O) groups is 3. The number of esters is 2. The molecule has 2 unspecified atom stereocenters. The number of aliphatic carboxylic acids is 1. The van der Waals surface area contributed by atoms with Gasteiger partial charge in [0, 0.05) is 12.8 Å². The molecule has 0 bridgehead atoms. The molecule has 0 N–H and O–H groups in total. The Hall–Kier alpha value is -6.91. The van der Waals surface area contributed by atoms with E-state index in [0.29, 0.717) is 23.9 Å². The Morgan fingerprint density at radius 2 is 0.568 bits per heavy atom. The summed E-state index contributed by atoms with van der Waals surface area (Å²) in [5, 5.41) is 11.8. The van der Waals surface area contributed by atoms with Crippen LogP contribution in [0.2, 0.25) is 0 Å². The van der Waals surface area contributed by atoms with E-state index in [4.69, 9.17) is 18.9 Å². The third-order valence-electron chi connectivity index (χ3n) is 14.1. The molecule has 0 radical (unpaired) electrons. The highest BCUT2D eigenvalue weighted by atomic mass is 16.7. The number of rotatable bonds is 63. The van der Waals surface area contributed by atoms with Gasteiger partial charge in [-0.2, -0.15) is 0 Å². The van der Waals surface area contributed by atoms with Crippen LogP contribution >= 0.6 is 0 Å². The lowest BCUT2D eigenvalue weighted by atomic mass is 10.1. The predicted molar refractivity (Wildman–Crippen MR) is 406 cm³/mol. The summed E-state index contributed by atoms with van der Waals surface area (Å²) in [6.07, 6.45) is 115. The number of quaternary nitrogens is 1. The lowest BCUT2D eigenvalue weighted by molar-refractivity contribution is -0.870. The molecule has 526 valence electrons. The standard InChI is InChI=1S/C86H129NO8/c1-6-8-10-12-14-16-18-20-22-24-26-28-30-32-34-36-37-38-39-40-41-42-43-44-45-46-47-49-51-53-55-57-59-61-63-65-67-69-71-73-75-77-84(89)95-82(81-94-86(85(90)91)92-79-78-87(3,4)5)80-93-83(88)76-74-72-70-68-66-64-62-60-58-56-54-52-50-48-35-33-31-29-27-25-23-21-19-17-15-13-11-9-7-2/h8-11,14-17,20-23,26-29,32-35,37-38,40-41,43-44,46-47,50-53,56-59,62-65,82,86H,6-7,12-13,18-19,24-25,30-31,36,39,42,45,48-49,54-55,60-61,66-81H2,1-5H3/b10-8-,11-9-,16-14-,17-15-,22-20-,23-21-,28-26-,29-27-,34-32-,35-33-,38-37-,41-40-,44-43-,47-46-,52-50-,53-51-,58-56-,59-57-,64-62-,65-63-. The van der Waals surface area contributed by atoms with Crippen LogP contribution in [0.25, 0.3) is 0 Å². The van der Waals surface area contributed by atoms with Crippen LogP contribution in [-0.4, -0.2) is 82.3 Å². The van der Waals surface area contributed by atoms with Gasteiger partial charge in [0.25, 0.3) is 0 Å². The maximum Gasteiger partial charge on any atom is 0.306 e. The second-order valence-corrected chi connectivity index (χ2v) is 24.1. The van der Waals surface area contributed by atoms with E-state index in [0.717, 1.165) is 180 Å². The molecule has 2 atom stereocenters. The lowest BCUT2D eigenvalue weighted by Crippen LogP contribution is -2.44. The fourth-order valence-electron chi connectivity index (χ4n) is 8.65. The minimum absolute atomic E-state index is 0.123. The summed E-state index contributed by atoms with van der Waals surface area (Å²) < 4.78 is 22.7. The van der Waals surface area contributed by atoms with Crippen LogP contribution < -0.4 is 5.11 Å². The summed E-state index contributed by atoms with van der Waals surface area (Å²) in [6, 6.07) is 0. The second kappa shape index (κ2) is 72.9. The third-order valence-corrected chi connectivity index (χ3v) is 14.1. The second-order valence-electron chi connectivity index (χ2n) is 24.1. The Morgan fingerprint density at radius 1 is 0.316 bits per heavy atom. The van der Waals surface area contributed by atoms with Crippen molar-refractivity contribution in [3.63, 3.8) is 0 Å². The molecule has 0 heterocycles. The number of hydrogen-bond donors (Lipinski definition) is 0. The number of unbranched alkanes of at least 4 members (excludes halogenated alkanes) is 8. The first-order chi connectivity index (χ1) is 46.6. The first-order valence-corrected chi connectivity index (χ1v) is 36.2. The van der Waals surface area contributed by atoms with E-state index in [2.05, 4.69) is 257 Å². The average Bonchev–Trinajstić information content (AvgIpc) is 3.54. The van der Waals surface area contributed by atoms with E-state index in [1.165, 1.54) is 0 Å². The lowest BCUT2D eigenvalue weighted by Gasteiger charge is -2.26. The molecule has 0 aromatic heterocycles. The Bertz CT molecular complexity index is 2470. The largest absolute Gasteiger partial charge is 0.545 e. The highest BCUT2D eigenvalue weighted by molar-refractivity contribution is 5.70. The highest BCUT2D eigenvalue weighted by Crippen LogP contribution is 2.12. The van der Waals surface area contributed by atoms with Crippen molar-refractivity contribution in [2.75, 3.05) is 47.5 Å². The van der Waals surface area contributed by atoms with E-state index in [-0.39, 0.29) is 32.7 Å². The Labute approximate surface area is 580 Å². The zero-order chi connectivity index (χ0) is 69.0. The Kier molecular flexibility index (Phi) is 67.6. The predicted octanol–water partition coefficient (Wildman–Crippen LogP) is 21.9. The van der Waals surface area contributed by atoms with E-state index < -0.39 is 30.3 Å². The van der Waals surface area contributed by atoms with Crippen LogP contribution in [-0.2, 0) is 33.3 Å². The first kappa shape index (κ1) is 88.1. The SMILES string of the molecule is CC/C=C\C/C=C\C/C=C\C/C=C\C/C=C\C/C=C\C/C=C\C/C=C\C/C=C\C/C=C\C/C=C\C/C=C\CCCCCCC(=O)OC(COC(=O)CCCCCC/C=C\C/C=C\C/C=C\C/C=C\C/C=C\C/C=C\C/C=C\C/C=C\CC)COC(OCC[N+](C)(C)C)C(=O)[O-]. The first-order valence-electron chi connectivity index (χ1n) is 36.2. The van der Waals surface area contributed by atoms with Crippen LogP contribution in [0.1, 0.15) is 219 Å². The Balaban J connectivity index is 4.32. The van der Waals surface area contributed by atoms with Gasteiger partial charge in [-0.3, -0.25) is 9.59 Å². The highest BCUT2D eigenvalue weighted by Gasteiger charge is 2.22. The van der Waals surface area contributed by atoms with Gasteiger partial charge in [-0.25, -0.2) is 0 Å².